The van der Waals surface area contributed by atoms with Crippen LogP contribution in [0, 0.1) is 24.2 Å². The third kappa shape index (κ3) is 3.79. The zero-order valence-electron chi connectivity index (χ0n) is 12.1. The van der Waals surface area contributed by atoms with Crippen molar-refractivity contribution < 1.29 is 0 Å². The van der Waals surface area contributed by atoms with Gasteiger partial charge in [-0.3, -0.25) is 0 Å². The van der Waals surface area contributed by atoms with Crippen LogP contribution in [0.15, 0.2) is 6.20 Å². The number of nitrogens with one attached hydrogen (secondary N) is 1. The Morgan fingerprint density at radius 3 is 2.72 bits per heavy atom. The zero-order valence-corrected chi connectivity index (χ0v) is 12.9. The minimum atomic E-state index is 0.424. The molecule has 18 heavy (non-hydrogen) atoms. The summed E-state index contributed by atoms with van der Waals surface area (Å²) in [5.41, 5.74) is 0.424. The Morgan fingerprint density at radius 2 is 2.22 bits per heavy atom. The molecule has 0 bridgehead atoms. The third-order valence-corrected chi connectivity index (χ3v) is 4.80. The van der Waals surface area contributed by atoms with Gasteiger partial charge in [0, 0.05) is 17.6 Å². The molecule has 1 heterocycles. The fourth-order valence-electron chi connectivity index (χ4n) is 2.66. The van der Waals surface area contributed by atoms with Crippen LogP contribution >= 0.6 is 11.3 Å². The molecule has 0 radical (unpaired) electrons. The summed E-state index contributed by atoms with van der Waals surface area (Å²) >= 11 is 1.86. The van der Waals surface area contributed by atoms with Crippen molar-refractivity contribution >= 4 is 11.3 Å². The van der Waals surface area contributed by atoms with Crippen LogP contribution in [0.5, 0.6) is 0 Å². The lowest BCUT2D eigenvalue weighted by molar-refractivity contribution is 0.253. The van der Waals surface area contributed by atoms with Crippen molar-refractivity contribution in [1.29, 1.82) is 0 Å². The normalized spacial score (nSPS) is 19.2. The molecule has 0 spiro atoms. The predicted octanol–water partition coefficient (Wildman–Crippen LogP) is 3.66. The number of nitrogens with zero attached hydrogens (tertiary/aromatic N) is 1. The summed E-state index contributed by atoms with van der Waals surface area (Å²) in [7, 11) is 0. The summed E-state index contributed by atoms with van der Waals surface area (Å²) in [6.45, 7) is 11.4. The molecule has 1 aliphatic rings. The third-order valence-electron chi connectivity index (χ3n) is 3.89. The van der Waals surface area contributed by atoms with E-state index in [1.54, 1.807) is 0 Å². The van der Waals surface area contributed by atoms with Crippen LogP contribution in [0.1, 0.15) is 43.5 Å². The molecule has 3 heteroatoms. The molecular formula is C15H26N2S. The van der Waals surface area contributed by atoms with E-state index in [9.17, 15) is 0 Å². The quantitative estimate of drug-likeness (QED) is 0.815. The molecule has 2 nitrogen and oxygen atoms in total. The first-order valence-corrected chi connectivity index (χ1v) is 7.93. The highest BCUT2D eigenvalue weighted by Gasteiger charge is 2.41. The molecule has 1 atom stereocenters. The molecule has 0 aromatic carbocycles. The van der Waals surface area contributed by atoms with E-state index in [1.807, 2.05) is 11.3 Å². The van der Waals surface area contributed by atoms with E-state index in [0.29, 0.717) is 5.41 Å². The van der Waals surface area contributed by atoms with Gasteiger partial charge in [0.05, 0.1) is 5.01 Å². The molecule has 2 rings (SSSR count). The molecule has 1 N–H and O–H groups in total. The van der Waals surface area contributed by atoms with Gasteiger partial charge in [0.1, 0.15) is 0 Å². The first-order valence-electron chi connectivity index (χ1n) is 7.11. The maximum Gasteiger partial charge on any atom is 0.0896 e. The van der Waals surface area contributed by atoms with E-state index in [1.165, 1.54) is 29.1 Å². The predicted molar refractivity (Wildman–Crippen MR) is 79.1 cm³/mol. The van der Waals surface area contributed by atoms with Crippen molar-refractivity contribution in [1.82, 2.24) is 10.3 Å². The SMILES string of the molecule is Cc1ncc(CC(C)(CNCC(C)C)C2CC2)s1. The first kappa shape index (κ1) is 14.0. The summed E-state index contributed by atoms with van der Waals surface area (Å²) in [6.07, 6.45) is 6.09. The van der Waals surface area contributed by atoms with Gasteiger partial charge in [0.15, 0.2) is 0 Å². The van der Waals surface area contributed by atoms with Crippen molar-refractivity contribution in [2.45, 2.75) is 47.0 Å². The highest BCUT2D eigenvalue weighted by molar-refractivity contribution is 7.11. The fraction of sp³-hybridized carbons (Fsp3) is 0.800. The van der Waals surface area contributed by atoms with E-state index in [2.05, 4.69) is 44.2 Å². The van der Waals surface area contributed by atoms with Crippen molar-refractivity contribution in [2.24, 2.45) is 17.3 Å². The summed E-state index contributed by atoms with van der Waals surface area (Å²) in [5.74, 6) is 1.65. The summed E-state index contributed by atoms with van der Waals surface area (Å²) in [5, 5.41) is 4.85. The highest BCUT2D eigenvalue weighted by atomic mass is 32.1. The highest BCUT2D eigenvalue weighted by Crippen LogP contribution is 2.47. The van der Waals surface area contributed by atoms with Gasteiger partial charge in [-0.15, -0.1) is 11.3 Å². The van der Waals surface area contributed by atoms with Gasteiger partial charge in [-0.05, 0) is 50.0 Å². The topological polar surface area (TPSA) is 24.9 Å². The Balaban J connectivity index is 1.93. The Morgan fingerprint density at radius 1 is 1.50 bits per heavy atom. The van der Waals surface area contributed by atoms with Crippen LogP contribution in [0.25, 0.3) is 0 Å². The second kappa shape index (κ2) is 5.70. The standard InChI is InChI=1S/C15H26N2S/c1-11(2)8-16-10-15(4,13-5-6-13)7-14-9-17-12(3)18-14/h9,11,13,16H,5-8,10H2,1-4H3. The van der Waals surface area contributed by atoms with Crippen LogP contribution in [-0.2, 0) is 6.42 Å². The van der Waals surface area contributed by atoms with Gasteiger partial charge in [0.2, 0.25) is 0 Å². The molecule has 1 aromatic heterocycles. The van der Waals surface area contributed by atoms with Gasteiger partial charge in [-0.25, -0.2) is 4.98 Å². The molecule has 0 aliphatic heterocycles. The second-order valence-electron chi connectivity index (χ2n) is 6.48. The lowest BCUT2D eigenvalue weighted by Gasteiger charge is -2.30. The molecule has 1 unspecified atom stereocenters. The van der Waals surface area contributed by atoms with Gasteiger partial charge in [-0.1, -0.05) is 20.8 Å². The smallest absolute Gasteiger partial charge is 0.0896 e. The van der Waals surface area contributed by atoms with Crippen molar-refractivity contribution in [2.75, 3.05) is 13.1 Å². The number of hydrogen-bond acceptors (Lipinski definition) is 3. The minimum Gasteiger partial charge on any atom is -0.316 e. The van der Waals surface area contributed by atoms with Crippen LogP contribution in [0.2, 0.25) is 0 Å². The Bertz CT molecular complexity index is 382. The largest absolute Gasteiger partial charge is 0.316 e. The maximum atomic E-state index is 4.39. The van der Waals surface area contributed by atoms with Crippen LogP contribution in [0.3, 0.4) is 0 Å². The van der Waals surface area contributed by atoms with Crippen LogP contribution < -0.4 is 5.32 Å². The number of aryl methyl sites for hydroxylation is 1. The average Bonchev–Trinajstić information content (AvgIpc) is 3.04. The number of thiazole rings is 1. The van der Waals surface area contributed by atoms with Crippen molar-refractivity contribution in [3.8, 4) is 0 Å². The molecule has 0 amide bonds. The van der Waals surface area contributed by atoms with Gasteiger partial charge in [-0.2, -0.15) is 0 Å². The Hall–Kier alpha value is -0.410. The lowest BCUT2D eigenvalue weighted by Crippen LogP contribution is -2.37. The van der Waals surface area contributed by atoms with Crippen molar-refractivity contribution in [3.05, 3.63) is 16.1 Å². The summed E-state index contributed by atoms with van der Waals surface area (Å²) < 4.78 is 0. The van der Waals surface area contributed by atoms with E-state index in [0.717, 1.165) is 24.9 Å². The van der Waals surface area contributed by atoms with Gasteiger partial charge in [0.25, 0.3) is 0 Å². The van der Waals surface area contributed by atoms with Gasteiger partial charge >= 0.3 is 0 Å². The summed E-state index contributed by atoms with van der Waals surface area (Å²) in [6, 6.07) is 0. The Labute approximate surface area is 115 Å². The number of aromatic nitrogens is 1. The van der Waals surface area contributed by atoms with E-state index >= 15 is 0 Å². The van der Waals surface area contributed by atoms with Crippen molar-refractivity contribution in [3.63, 3.8) is 0 Å². The summed E-state index contributed by atoms with van der Waals surface area (Å²) in [4.78, 5) is 5.84. The average molecular weight is 266 g/mol. The Kier molecular flexibility index (Phi) is 4.44. The maximum absolute atomic E-state index is 4.39. The van der Waals surface area contributed by atoms with E-state index < -0.39 is 0 Å². The molecule has 1 aromatic rings. The van der Waals surface area contributed by atoms with E-state index in [4.69, 9.17) is 0 Å². The minimum absolute atomic E-state index is 0.424. The molecule has 1 saturated carbocycles. The number of rotatable bonds is 7. The second-order valence-corrected chi connectivity index (χ2v) is 7.79. The monoisotopic (exact) mass is 266 g/mol. The zero-order chi connectivity index (χ0) is 13.2. The van der Waals surface area contributed by atoms with Gasteiger partial charge < -0.3 is 5.32 Å². The number of hydrogen-bond donors (Lipinski definition) is 1. The van der Waals surface area contributed by atoms with Crippen LogP contribution in [0.4, 0.5) is 0 Å². The fourth-order valence-corrected chi connectivity index (χ4v) is 3.66. The lowest BCUT2D eigenvalue weighted by atomic mass is 9.81. The van der Waals surface area contributed by atoms with E-state index in [-0.39, 0.29) is 0 Å². The molecule has 0 saturated heterocycles. The molecule has 1 fully saturated rings. The van der Waals surface area contributed by atoms with Crippen LogP contribution in [-0.4, -0.2) is 18.1 Å². The molecular weight excluding hydrogens is 240 g/mol. The molecule has 102 valence electrons. The first-order chi connectivity index (χ1) is 8.49. The molecule has 1 aliphatic carbocycles.